The summed E-state index contributed by atoms with van der Waals surface area (Å²) in [5, 5.41) is 4.91. The van der Waals surface area contributed by atoms with E-state index in [2.05, 4.69) is 19.9 Å². The molecule has 18 nitrogen and oxygen atoms in total. The minimum absolute atomic E-state index is 0. The molecule has 10 heterocycles. The van der Waals surface area contributed by atoms with Crippen molar-refractivity contribution in [2.45, 2.75) is 9.79 Å². The van der Waals surface area contributed by atoms with Gasteiger partial charge in [-0.1, -0.05) is 170 Å². The number of nitrogens with zero attached hydrogens (tertiary/aromatic N) is 12. The third-order valence-corrected chi connectivity index (χ3v) is 17.5. The number of aromatic amines is 4. The molecule has 20 heteroatoms. The van der Waals surface area contributed by atoms with Crippen LogP contribution in [0.25, 0.3) is 179 Å². The monoisotopic (exact) mass is 1150 g/mol. The van der Waals surface area contributed by atoms with Crippen LogP contribution in [-0.4, -0.2) is 88.2 Å². The normalized spacial score (nSPS) is 12.3. The molecular formula is C64H34CoN16O2S. The number of nitrogens with one attached hydrogen (secondary N) is 4. The van der Waals surface area contributed by atoms with Crippen LogP contribution in [0.2, 0.25) is 0 Å². The van der Waals surface area contributed by atoms with Gasteiger partial charge < -0.3 is 19.9 Å². The van der Waals surface area contributed by atoms with E-state index in [1.807, 2.05) is 158 Å². The Hall–Kier alpha value is -11.1. The SMILES string of the molecule is O=S(=O)(c1cccc2c3nc4nc(nc5[nH]c(nc6nc(nc([nH]3)c12)-c1ccccc1-6)c1ccccc51)-c1ccccc1-4)c1cccc2c3nc4nc(nc5[nH]c(nc6nc(nc([nH]3)c12)-c1ccccc1-6)c1ccccc51)-c1ccccc1-4.[Co]. The van der Waals surface area contributed by atoms with Crippen LogP contribution < -0.4 is 0 Å². The minimum atomic E-state index is -4.56. The molecule has 397 valence electrons. The van der Waals surface area contributed by atoms with Gasteiger partial charge in [0, 0.05) is 104 Å². The van der Waals surface area contributed by atoms with Gasteiger partial charge in [0.15, 0.2) is 46.6 Å². The van der Waals surface area contributed by atoms with Crippen LogP contribution in [0.3, 0.4) is 0 Å². The van der Waals surface area contributed by atoms with E-state index in [1.54, 1.807) is 24.3 Å². The van der Waals surface area contributed by atoms with E-state index in [9.17, 15) is 0 Å². The van der Waals surface area contributed by atoms with E-state index >= 15 is 8.42 Å². The summed E-state index contributed by atoms with van der Waals surface area (Å²) in [4.78, 5) is 75.4. The number of rotatable bonds is 2. The molecule has 84 heavy (non-hydrogen) atoms. The summed E-state index contributed by atoms with van der Waals surface area (Å²) in [6.45, 7) is 0. The molecule has 0 atom stereocenters. The molecule has 18 rings (SSSR count). The summed E-state index contributed by atoms with van der Waals surface area (Å²) in [5.74, 6) is 3.10. The standard InChI is InChI=1S/C64H34N16O2S.Co/c81-83(82,45-29-13-27-43-47(45)63-77-59-41-25-11-9-23-39(41)55(73-59)69-51-33-17-3-1-15-31(33)49(65-51)67-53-35-19-5-7-21-37(35)57(71-53)75-61(43)79-63)46-30-14-28-44-48(46)64-78-60-42-26-12-10-24-40(42)56(74-60)70-52-34-18-4-2-16-32(34)50(66-52)68-54-36-20-6-8-22-38(36)58(72-54)76-62(44)80-64;/h1-30H,(H2,65,67,69,71,73,75,77,79)(H2,66,68,70,72,74,76,78,80);. The summed E-state index contributed by atoms with van der Waals surface area (Å²) in [6, 6.07) is 56.9. The molecule has 4 N–H and O–H groups in total. The van der Waals surface area contributed by atoms with Crippen molar-refractivity contribution in [3.05, 3.63) is 182 Å². The van der Waals surface area contributed by atoms with Crippen molar-refractivity contribution in [1.82, 2.24) is 79.7 Å². The van der Waals surface area contributed by atoms with Crippen LogP contribution in [0.1, 0.15) is 0 Å². The van der Waals surface area contributed by atoms with Gasteiger partial charge >= 0.3 is 0 Å². The Bertz CT molecular complexity index is 5420. The molecule has 16 bridgehead atoms. The third kappa shape index (κ3) is 6.98. The van der Waals surface area contributed by atoms with E-state index in [-0.39, 0.29) is 48.6 Å². The first-order valence-electron chi connectivity index (χ1n) is 26.6. The van der Waals surface area contributed by atoms with Gasteiger partial charge in [-0.15, -0.1) is 0 Å². The van der Waals surface area contributed by atoms with Crippen molar-refractivity contribution >= 4 is 98.1 Å². The summed E-state index contributed by atoms with van der Waals surface area (Å²) in [5.41, 5.74) is 9.25. The average molecular weight is 1150 g/mol. The summed E-state index contributed by atoms with van der Waals surface area (Å²) in [7, 11) is -4.56. The molecular weight excluding hydrogens is 1120 g/mol. The summed E-state index contributed by atoms with van der Waals surface area (Å²) < 4.78 is 32.6. The first-order valence-corrected chi connectivity index (χ1v) is 28.0. The number of fused-ring (bicyclic) bond motifs is 40. The fraction of sp³-hybridized carbons (Fsp3) is 0. The molecule has 0 fully saturated rings. The number of sulfone groups is 1. The number of aromatic nitrogens is 16. The molecule has 0 spiro atoms. The molecule has 0 unspecified atom stereocenters. The van der Waals surface area contributed by atoms with E-state index in [0.29, 0.717) is 102 Å². The Morgan fingerprint density at radius 2 is 0.429 bits per heavy atom. The second kappa shape index (κ2) is 17.7. The van der Waals surface area contributed by atoms with Crippen LogP contribution in [0.4, 0.5) is 0 Å². The molecule has 8 aromatic carbocycles. The molecule has 0 amide bonds. The first-order chi connectivity index (χ1) is 40.8. The fourth-order valence-electron chi connectivity index (χ4n) is 11.9. The maximum Gasteiger partial charge on any atom is 0.208 e. The van der Waals surface area contributed by atoms with Gasteiger partial charge in [0.2, 0.25) is 9.84 Å². The maximum atomic E-state index is 16.3. The molecule has 0 saturated carbocycles. The van der Waals surface area contributed by atoms with Gasteiger partial charge in [-0.05, 0) is 12.1 Å². The molecule has 6 aromatic heterocycles. The van der Waals surface area contributed by atoms with Crippen molar-refractivity contribution in [3.63, 3.8) is 0 Å². The third-order valence-electron chi connectivity index (χ3n) is 15.7. The summed E-state index contributed by atoms with van der Waals surface area (Å²) in [6.07, 6.45) is 0. The second-order valence-electron chi connectivity index (χ2n) is 20.4. The number of hydrogen-bond acceptors (Lipinski definition) is 14. The predicted octanol–water partition coefficient (Wildman–Crippen LogP) is 12.9. The van der Waals surface area contributed by atoms with Gasteiger partial charge in [0.25, 0.3) is 0 Å². The number of hydrogen-bond donors (Lipinski definition) is 4. The number of benzene rings is 8. The quantitative estimate of drug-likeness (QED) is 0.126. The van der Waals surface area contributed by atoms with E-state index in [4.69, 9.17) is 59.8 Å². The van der Waals surface area contributed by atoms with Crippen molar-refractivity contribution < 1.29 is 25.2 Å². The predicted molar refractivity (Wildman–Crippen MR) is 318 cm³/mol. The molecule has 14 aromatic rings. The minimum Gasteiger partial charge on any atom is -0.324 e. The van der Waals surface area contributed by atoms with Crippen molar-refractivity contribution in [2.24, 2.45) is 0 Å². The zero-order chi connectivity index (χ0) is 54.7. The summed E-state index contributed by atoms with van der Waals surface area (Å²) >= 11 is 0. The van der Waals surface area contributed by atoms with Crippen LogP contribution in [0.5, 0.6) is 0 Å². The Balaban J connectivity index is 0.00000556. The molecule has 1 radical (unpaired) electrons. The Labute approximate surface area is 483 Å². The molecule has 0 aliphatic carbocycles. The van der Waals surface area contributed by atoms with E-state index < -0.39 is 9.84 Å². The van der Waals surface area contributed by atoms with Crippen LogP contribution in [0, 0.1) is 0 Å². The molecule has 4 aliphatic heterocycles. The van der Waals surface area contributed by atoms with Gasteiger partial charge in [0.05, 0.1) is 9.79 Å². The van der Waals surface area contributed by atoms with Crippen LogP contribution >= 0.6 is 0 Å². The Morgan fingerprint density at radius 3 is 0.690 bits per heavy atom. The van der Waals surface area contributed by atoms with Crippen molar-refractivity contribution in [3.8, 4) is 91.1 Å². The fourth-order valence-corrected chi connectivity index (χ4v) is 13.6. The average Bonchev–Trinajstić information content (AvgIpc) is 2.30. The smallest absolute Gasteiger partial charge is 0.208 e. The van der Waals surface area contributed by atoms with Gasteiger partial charge in [-0.25, -0.2) is 68.2 Å². The van der Waals surface area contributed by atoms with Crippen LogP contribution in [-0.2, 0) is 26.6 Å². The zero-order valence-corrected chi connectivity index (χ0v) is 45.1. The van der Waals surface area contributed by atoms with Gasteiger partial charge in [-0.3, -0.25) is 0 Å². The molecule has 0 saturated heterocycles. The van der Waals surface area contributed by atoms with Gasteiger partial charge in [-0.2, -0.15) is 0 Å². The van der Waals surface area contributed by atoms with E-state index in [0.717, 1.165) is 54.9 Å². The Morgan fingerprint density at radius 1 is 0.226 bits per heavy atom. The van der Waals surface area contributed by atoms with Crippen molar-refractivity contribution in [2.75, 3.05) is 0 Å². The Kier molecular flexibility index (Phi) is 10.1. The largest absolute Gasteiger partial charge is 0.324 e. The van der Waals surface area contributed by atoms with Crippen LogP contribution in [0.15, 0.2) is 192 Å². The second-order valence-corrected chi connectivity index (χ2v) is 22.2. The molecule has 4 aliphatic rings. The first kappa shape index (κ1) is 47.7. The van der Waals surface area contributed by atoms with Gasteiger partial charge in [0.1, 0.15) is 45.2 Å². The topological polar surface area (TPSA) is 252 Å². The maximum absolute atomic E-state index is 16.3. The zero-order valence-electron chi connectivity index (χ0n) is 43.2. The van der Waals surface area contributed by atoms with E-state index in [1.165, 1.54) is 0 Å². The van der Waals surface area contributed by atoms with Crippen molar-refractivity contribution in [1.29, 1.82) is 0 Å². The number of H-pyrrole nitrogens is 4.